The van der Waals surface area contributed by atoms with Gasteiger partial charge in [0.05, 0.1) is 6.04 Å². The topological polar surface area (TPSA) is 52.8 Å². The van der Waals surface area contributed by atoms with E-state index in [-0.39, 0.29) is 5.91 Å². The van der Waals surface area contributed by atoms with Crippen molar-refractivity contribution in [2.24, 2.45) is 5.73 Å². The fourth-order valence-electron chi connectivity index (χ4n) is 4.08. The summed E-state index contributed by atoms with van der Waals surface area (Å²) in [5, 5.41) is 0.749. The van der Waals surface area contributed by atoms with Crippen molar-refractivity contribution in [2.75, 3.05) is 46.3 Å². The molecule has 5 nitrogen and oxygen atoms in total. The van der Waals surface area contributed by atoms with Gasteiger partial charge in [-0.05, 0) is 63.5 Å². The first-order valence-corrected chi connectivity index (χ1v) is 10.0. The zero-order valence-corrected chi connectivity index (χ0v) is 16.7. The van der Waals surface area contributed by atoms with Crippen molar-refractivity contribution in [2.45, 2.75) is 38.3 Å². The molecule has 0 bridgehead atoms. The SMILES string of the molecule is Cc1cc(CC(N)C(=O)N2CCN(C3CCN(C)CC3)CC2)ccc1Cl. The number of aryl methyl sites for hydroxylation is 1. The van der Waals surface area contributed by atoms with Crippen LogP contribution in [0.5, 0.6) is 0 Å². The summed E-state index contributed by atoms with van der Waals surface area (Å²) in [7, 11) is 2.19. The first kappa shape index (κ1) is 19.6. The minimum Gasteiger partial charge on any atom is -0.339 e. The summed E-state index contributed by atoms with van der Waals surface area (Å²) in [6.07, 6.45) is 3.03. The van der Waals surface area contributed by atoms with Crippen LogP contribution in [0.2, 0.25) is 5.02 Å². The molecule has 3 rings (SSSR count). The number of piperidine rings is 1. The van der Waals surface area contributed by atoms with Gasteiger partial charge in [0.1, 0.15) is 0 Å². The van der Waals surface area contributed by atoms with E-state index in [0.717, 1.165) is 42.3 Å². The number of halogens is 1. The number of carbonyl (C=O) groups is 1. The van der Waals surface area contributed by atoms with Crippen molar-refractivity contribution < 1.29 is 4.79 Å². The van der Waals surface area contributed by atoms with E-state index in [1.165, 1.54) is 25.9 Å². The second-order valence-corrected chi connectivity index (χ2v) is 8.20. The molecule has 1 atom stereocenters. The quantitative estimate of drug-likeness (QED) is 0.867. The zero-order valence-electron chi connectivity index (χ0n) is 16.0. The van der Waals surface area contributed by atoms with Gasteiger partial charge in [-0.1, -0.05) is 23.7 Å². The molecule has 2 fully saturated rings. The van der Waals surface area contributed by atoms with E-state index >= 15 is 0 Å². The van der Waals surface area contributed by atoms with Crippen LogP contribution in [0.15, 0.2) is 18.2 Å². The standard InChI is InChI=1S/C20H31ClN4O/c1-15-13-16(3-4-18(15)21)14-19(22)20(26)25-11-9-24(10-12-25)17-5-7-23(2)8-6-17/h3-4,13,17,19H,5-12,14,22H2,1-2H3. The van der Waals surface area contributed by atoms with Crippen LogP contribution in [-0.2, 0) is 11.2 Å². The molecule has 0 radical (unpaired) electrons. The lowest BCUT2D eigenvalue weighted by molar-refractivity contribution is -0.134. The number of nitrogens with zero attached hydrogens (tertiary/aromatic N) is 3. The van der Waals surface area contributed by atoms with Crippen LogP contribution in [0.4, 0.5) is 0 Å². The van der Waals surface area contributed by atoms with E-state index in [4.69, 9.17) is 17.3 Å². The molecule has 6 heteroatoms. The summed E-state index contributed by atoms with van der Waals surface area (Å²) in [5.74, 6) is 0.0700. The van der Waals surface area contributed by atoms with Gasteiger partial charge in [-0.25, -0.2) is 0 Å². The third-order valence-electron chi connectivity index (χ3n) is 5.83. The minimum atomic E-state index is -0.481. The number of hydrogen-bond acceptors (Lipinski definition) is 4. The molecule has 2 heterocycles. The molecule has 144 valence electrons. The highest BCUT2D eigenvalue weighted by molar-refractivity contribution is 6.31. The number of nitrogens with two attached hydrogens (primary N) is 1. The van der Waals surface area contributed by atoms with E-state index in [9.17, 15) is 4.79 Å². The van der Waals surface area contributed by atoms with Crippen molar-refractivity contribution in [1.82, 2.24) is 14.7 Å². The second kappa shape index (κ2) is 8.70. The summed E-state index contributed by atoms with van der Waals surface area (Å²) >= 11 is 6.07. The van der Waals surface area contributed by atoms with Crippen molar-refractivity contribution in [3.05, 3.63) is 34.3 Å². The largest absolute Gasteiger partial charge is 0.339 e. The molecule has 1 aromatic carbocycles. The smallest absolute Gasteiger partial charge is 0.239 e. The Morgan fingerprint density at radius 2 is 1.85 bits per heavy atom. The highest BCUT2D eigenvalue weighted by Crippen LogP contribution is 2.19. The van der Waals surface area contributed by atoms with Gasteiger partial charge in [0.15, 0.2) is 0 Å². The Morgan fingerprint density at radius 1 is 1.19 bits per heavy atom. The lowest BCUT2D eigenvalue weighted by Gasteiger charge is -2.42. The first-order valence-electron chi connectivity index (χ1n) is 9.66. The van der Waals surface area contributed by atoms with Crippen LogP contribution >= 0.6 is 11.6 Å². The number of rotatable bonds is 4. The van der Waals surface area contributed by atoms with Crippen molar-refractivity contribution >= 4 is 17.5 Å². The number of carbonyl (C=O) groups excluding carboxylic acids is 1. The normalized spacial score (nSPS) is 21.8. The maximum Gasteiger partial charge on any atom is 0.239 e. The Balaban J connectivity index is 1.48. The van der Waals surface area contributed by atoms with Crippen LogP contribution < -0.4 is 5.73 Å². The monoisotopic (exact) mass is 378 g/mol. The van der Waals surface area contributed by atoms with Gasteiger partial charge in [-0.3, -0.25) is 9.69 Å². The number of likely N-dealkylation sites (tertiary alicyclic amines) is 1. The van der Waals surface area contributed by atoms with E-state index in [1.54, 1.807) is 0 Å². The van der Waals surface area contributed by atoms with Crippen LogP contribution in [0.25, 0.3) is 0 Å². The number of piperazine rings is 1. The zero-order chi connectivity index (χ0) is 18.7. The van der Waals surface area contributed by atoms with Crippen LogP contribution in [0.1, 0.15) is 24.0 Å². The molecule has 1 aromatic rings. The predicted octanol–water partition coefficient (Wildman–Crippen LogP) is 1.76. The number of amides is 1. The molecular weight excluding hydrogens is 348 g/mol. The Hall–Kier alpha value is -1.14. The highest BCUT2D eigenvalue weighted by Gasteiger charge is 2.29. The summed E-state index contributed by atoms with van der Waals surface area (Å²) in [6, 6.07) is 6.05. The van der Waals surface area contributed by atoms with Gasteiger partial charge in [-0.15, -0.1) is 0 Å². The molecule has 0 saturated carbocycles. The first-order chi connectivity index (χ1) is 12.4. The van der Waals surface area contributed by atoms with Crippen LogP contribution in [0, 0.1) is 6.92 Å². The van der Waals surface area contributed by atoms with Crippen molar-refractivity contribution in [1.29, 1.82) is 0 Å². The van der Waals surface area contributed by atoms with Gasteiger partial charge in [-0.2, -0.15) is 0 Å². The Morgan fingerprint density at radius 3 is 2.46 bits per heavy atom. The third kappa shape index (κ3) is 4.77. The molecule has 0 aliphatic carbocycles. The van der Waals surface area contributed by atoms with Gasteiger partial charge in [0.25, 0.3) is 0 Å². The highest BCUT2D eigenvalue weighted by atomic mass is 35.5. The molecule has 2 saturated heterocycles. The Labute approximate surface area is 162 Å². The van der Waals surface area contributed by atoms with Crippen molar-refractivity contribution in [3.63, 3.8) is 0 Å². The van der Waals surface area contributed by atoms with Gasteiger partial charge in [0.2, 0.25) is 5.91 Å². The molecule has 1 amide bonds. The molecule has 1 unspecified atom stereocenters. The predicted molar refractivity (Wildman–Crippen MR) is 107 cm³/mol. The molecular formula is C20H31ClN4O. The maximum atomic E-state index is 12.7. The number of benzene rings is 1. The molecule has 2 N–H and O–H groups in total. The summed E-state index contributed by atoms with van der Waals surface area (Å²) in [6.45, 7) is 7.84. The average molecular weight is 379 g/mol. The molecule has 0 aromatic heterocycles. The van der Waals surface area contributed by atoms with E-state index in [1.807, 2.05) is 30.0 Å². The molecule has 2 aliphatic rings. The summed E-state index contributed by atoms with van der Waals surface area (Å²) in [4.78, 5) is 19.6. The summed E-state index contributed by atoms with van der Waals surface area (Å²) in [5.41, 5.74) is 8.31. The van der Waals surface area contributed by atoms with Gasteiger partial charge < -0.3 is 15.5 Å². The van der Waals surface area contributed by atoms with Crippen molar-refractivity contribution in [3.8, 4) is 0 Å². The molecule has 2 aliphatic heterocycles. The average Bonchev–Trinajstić information content (AvgIpc) is 2.65. The van der Waals surface area contributed by atoms with E-state index in [0.29, 0.717) is 12.5 Å². The molecule has 26 heavy (non-hydrogen) atoms. The minimum absolute atomic E-state index is 0.0700. The fourth-order valence-corrected chi connectivity index (χ4v) is 4.19. The maximum absolute atomic E-state index is 12.7. The summed E-state index contributed by atoms with van der Waals surface area (Å²) < 4.78 is 0. The van der Waals surface area contributed by atoms with E-state index < -0.39 is 6.04 Å². The van der Waals surface area contributed by atoms with Gasteiger partial charge >= 0.3 is 0 Å². The lowest BCUT2D eigenvalue weighted by atomic mass is 10.0. The third-order valence-corrected chi connectivity index (χ3v) is 6.25. The lowest BCUT2D eigenvalue weighted by Crippen LogP contribution is -2.56. The number of hydrogen-bond donors (Lipinski definition) is 1. The molecule has 0 spiro atoms. The van der Waals surface area contributed by atoms with Gasteiger partial charge in [0, 0.05) is 37.2 Å². The Kier molecular flexibility index (Phi) is 6.56. The second-order valence-electron chi connectivity index (χ2n) is 7.79. The fraction of sp³-hybridized carbons (Fsp3) is 0.650. The van der Waals surface area contributed by atoms with E-state index in [2.05, 4.69) is 16.8 Å². The van der Waals surface area contributed by atoms with Crippen LogP contribution in [-0.4, -0.2) is 79.0 Å². The van der Waals surface area contributed by atoms with Crippen LogP contribution in [0.3, 0.4) is 0 Å². The Bertz CT molecular complexity index is 622.